The van der Waals surface area contributed by atoms with E-state index < -0.39 is 0 Å². The molecule has 6 heteroatoms. The van der Waals surface area contributed by atoms with Crippen molar-refractivity contribution in [3.05, 3.63) is 47.8 Å². The fourth-order valence-corrected chi connectivity index (χ4v) is 3.25. The first kappa shape index (κ1) is 19.7. The van der Waals surface area contributed by atoms with Gasteiger partial charge in [0, 0.05) is 41.6 Å². The smallest absolute Gasteiger partial charge is 0.226 e. The van der Waals surface area contributed by atoms with Gasteiger partial charge in [0.15, 0.2) is 5.82 Å². The van der Waals surface area contributed by atoms with Crippen LogP contribution in [0.5, 0.6) is 0 Å². The molecule has 1 aliphatic rings. The average molecular weight is 395 g/mol. The number of unbranched alkanes of at least 4 members (excludes halogenated alkanes) is 2. The van der Waals surface area contributed by atoms with E-state index in [1.165, 1.54) is 12.8 Å². The van der Waals surface area contributed by atoms with E-state index in [4.69, 9.17) is 9.05 Å². The third kappa shape index (κ3) is 5.25. The van der Waals surface area contributed by atoms with E-state index in [1.54, 1.807) is 0 Å². The van der Waals surface area contributed by atoms with Crippen LogP contribution in [0.25, 0.3) is 11.3 Å². The largest absolute Gasteiger partial charge is 0.385 e. The minimum absolute atomic E-state index is 0.0638. The maximum absolute atomic E-state index is 5.48. The highest BCUT2D eigenvalue weighted by Crippen LogP contribution is 2.41. The summed E-state index contributed by atoms with van der Waals surface area (Å²) in [5.41, 5.74) is 3.07. The summed E-state index contributed by atoms with van der Waals surface area (Å²) in [5, 5.41) is 11.8. The second-order valence-corrected chi connectivity index (χ2v) is 8.97. The summed E-state index contributed by atoms with van der Waals surface area (Å²) in [7, 11) is 0. The second-order valence-electron chi connectivity index (χ2n) is 8.97. The van der Waals surface area contributed by atoms with Crippen LogP contribution >= 0.6 is 0 Å². The minimum atomic E-state index is -0.0638. The molecule has 154 valence electrons. The molecular weight excluding hydrogens is 364 g/mol. The lowest BCUT2D eigenvalue weighted by Crippen LogP contribution is -2.13. The van der Waals surface area contributed by atoms with Crippen molar-refractivity contribution in [3.63, 3.8) is 0 Å². The van der Waals surface area contributed by atoms with Gasteiger partial charge in [0.1, 0.15) is 11.5 Å². The molecule has 4 rings (SSSR count). The molecule has 0 amide bonds. The topological polar surface area (TPSA) is 77.0 Å². The van der Waals surface area contributed by atoms with Crippen LogP contribution in [0.2, 0.25) is 0 Å². The molecule has 0 atom stereocenters. The highest BCUT2D eigenvalue weighted by Gasteiger charge is 2.28. The number of rotatable bonds is 9. The third-order valence-corrected chi connectivity index (χ3v) is 5.20. The summed E-state index contributed by atoms with van der Waals surface area (Å²) < 4.78 is 10.8. The van der Waals surface area contributed by atoms with Crippen molar-refractivity contribution in [2.24, 2.45) is 0 Å². The fourth-order valence-electron chi connectivity index (χ4n) is 3.25. The van der Waals surface area contributed by atoms with Gasteiger partial charge in [0.25, 0.3) is 0 Å². The van der Waals surface area contributed by atoms with Crippen LogP contribution in [0, 0.1) is 0 Å². The quantitative estimate of drug-likeness (QED) is 0.467. The average Bonchev–Trinajstić information content (AvgIpc) is 3.22. The van der Waals surface area contributed by atoms with Gasteiger partial charge >= 0.3 is 0 Å². The Labute approximate surface area is 172 Å². The third-order valence-electron chi connectivity index (χ3n) is 5.20. The van der Waals surface area contributed by atoms with Gasteiger partial charge in [0.2, 0.25) is 5.89 Å². The second kappa shape index (κ2) is 8.39. The number of aromatic nitrogens is 3. The van der Waals surface area contributed by atoms with Crippen LogP contribution in [-0.2, 0) is 11.8 Å². The highest BCUT2D eigenvalue weighted by atomic mass is 16.5. The van der Waals surface area contributed by atoms with Gasteiger partial charge < -0.3 is 14.4 Å². The zero-order valence-corrected chi connectivity index (χ0v) is 17.6. The molecule has 29 heavy (non-hydrogen) atoms. The Kier molecular flexibility index (Phi) is 5.69. The molecule has 0 bridgehead atoms. The molecule has 0 radical (unpaired) electrons. The van der Waals surface area contributed by atoms with E-state index in [9.17, 15) is 0 Å². The molecule has 1 aliphatic carbocycles. The van der Waals surface area contributed by atoms with Crippen LogP contribution in [0.4, 0.5) is 5.69 Å². The van der Waals surface area contributed by atoms with Gasteiger partial charge in [0.05, 0.1) is 0 Å². The Morgan fingerprint density at radius 2 is 1.90 bits per heavy atom. The lowest BCUT2D eigenvalue weighted by molar-refractivity contribution is 0.359. The van der Waals surface area contributed by atoms with Gasteiger partial charge in [-0.15, -0.1) is 0 Å². The number of nitrogens with one attached hydrogen (secondary N) is 1. The standard InChI is InChI=1S/C23H30N4O2/c1-23(2,3)22-25-21(29-27-22)10-5-4-6-13-24-18-9-7-8-17(14-18)19-15-20(28-26-19)16-11-12-16/h7-9,14-16,24H,4-6,10-13H2,1-3H3. The zero-order valence-electron chi connectivity index (χ0n) is 17.6. The Morgan fingerprint density at radius 3 is 2.66 bits per heavy atom. The Hall–Kier alpha value is -2.63. The molecule has 1 N–H and O–H groups in total. The Bertz CT molecular complexity index is 934. The number of aryl methyl sites for hydroxylation is 1. The molecular formula is C23H30N4O2. The monoisotopic (exact) mass is 394 g/mol. The molecule has 0 aliphatic heterocycles. The van der Waals surface area contributed by atoms with E-state index in [-0.39, 0.29) is 5.41 Å². The van der Waals surface area contributed by atoms with Crippen LogP contribution in [0.3, 0.4) is 0 Å². The van der Waals surface area contributed by atoms with Crippen LogP contribution in [0.1, 0.15) is 76.3 Å². The minimum Gasteiger partial charge on any atom is -0.385 e. The molecule has 0 spiro atoms. The molecule has 3 aromatic rings. The number of benzene rings is 1. The first-order chi connectivity index (χ1) is 14.0. The molecule has 2 heterocycles. The van der Waals surface area contributed by atoms with Crippen molar-refractivity contribution in [1.82, 2.24) is 15.3 Å². The predicted octanol–water partition coefficient (Wildman–Crippen LogP) is 5.72. The van der Waals surface area contributed by atoms with Crippen molar-refractivity contribution < 1.29 is 9.05 Å². The molecule has 1 aromatic carbocycles. The van der Waals surface area contributed by atoms with Crippen LogP contribution < -0.4 is 5.32 Å². The normalized spacial score (nSPS) is 14.3. The van der Waals surface area contributed by atoms with Crippen molar-refractivity contribution in [2.45, 2.75) is 70.6 Å². The summed E-state index contributed by atoms with van der Waals surface area (Å²) in [6.07, 6.45) is 6.56. The summed E-state index contributed by atoms with van der Waals surface area (Å²) in [4.78, 5) is 4.49. The lowest BCUT2D eigenvalue weighted by atomic mass is 9.96. The Morgan fingerprint density at radius 1 is 1.03 bits per heavy atom. The highest BCUT2D eigenvalue weighted by molar-refractivity contribution is 5.65. The maximum atomic E-state index is 5.48. The van der Waals surface area contributed by atoms with Crippen LogP contribution in [-0.4, -0.2) is 21.8 Å². The molecule has 1 fully saturated rings. The van der Waals surface area contributed by atoms with Crippen LogP contribution in [0.15, 0.2) is 39.4 Å². The van der Waals surface area contributed by atoms with E-state index >= 15 is 0 Å². The van der Waals surface area contributed by atoms with Crippen molar-refractivity contribution in [1.29, 1.82) is 0 Å². The molecule has 6 nitrogen and oxygen atoms in total. The fraction of sp³-hybridized carbons (Fsp3) is 0.522. The first-order valence-corrected chi connectivity index (χ1v) is 10.6. The molecule has 1 saturated carbocycles. The van der Waals surface area contributed by atoms with E-state index in [0.717, 1.165) is 66.6 Å². The van der Waals surface area contributed by atoms with Crippen molar-refractivity contribution in [3.8, 4) is 11.3 Å². The van der Waals surface area contributed by atoms with Gasteiger partial charge in [-0.05, 0) is 37.8 Å². The van der Waals surface area contributed by atoms with Gasteiger partial charge in [-0.3, -0.25) is 0 Å². The van der Waals surface area contributed by atoms with Gasteiger partial charge in [-0.2, -0.15) is 4.98 Å². The van der Waals surface area contributed by atoms with Crippen molar-refractivity contribution >= 4 is 5.69 Å². The number of hydrogen-bond acceptors (Lipinski definition) is 6. The molecule has 2 aromatic heterocycles. The number of hydrogen-bond donors (Lipinski definition) is 1. The predicted molar refractivity (Wildman–Crippen MR) is 113 cm³/mol. The Balaban J connectivity index is 1.19. The van der Waals surface area contributed by atoms with Gasteiger partial charge in [-0.1, -0.05) is 49.6 Å². The van der Waals surface area contributed by atoms with Gasteiger partial charge in [-0.25, -0.2) is 0 Å². The zero-order chi connectivity index (χ0) is 20.3. The summed E-state index contributed by atoms with van der Waals surface area (Å²) in [6, 6.07) is 10.5. The lowest BCUT2D eigenvalue weighted by Gasteiger charge is -2.10. The van der Waals surface area contributed by atoms with E-state index in [2.05, 4.69) is 71.7 Å². The first-order valence-electron chi connectivity index (χ1n) is 10.6. The summed E-state index contributed by atoms with van der Waals surface area (Å²) in [5.74, 6) is 3.14. The number of nitrogens with zero attached hydrogens (tertiary/aromatic N) is 3. The van der Waals surface area contributed by atoms with E-state index in [1.807, 2.05) is 0 Å². The SMILES string of the molecule is CC(C)(C)c1noc(CCCCCNc2cccc(-c3cc(C4CC4)on3)c2)n1. The van der Waals surface area contributed by atoms with Crippen molar-refractivity contribution in [2.75, 3.05) is 11.9 Å². The molecule has 0 saturated heterocycles. The van der Waals surface area contributed by atoms with E-state index in [0.29, 0.717) is 5.92 Å². The summed E-state index contributed by atoms with van der Waals surface area (Å²) in [6.45, 7) is 7.22. The number of anilines is 1. The summed E-state index contributed by atoms with van der Waals surface area (Å²) >= 11 is 0. The maximum Gasteiger partial charge on any atom is 0.226 e. The molecule has 0 unspecified atom stereocenters.